The monoisotopic (exact) mass is 820 g/mol. The molecule has 0 aliphatic rings. The molecule has 3 N–H and O–H groups in total. The molecule has 3 unspecified atom stereocenters. The molecule has 57 heavy (non-hydrogen) atoms. The second-order valence-corrected chi connectivity index (χ2v) is 17.9. The molecule has 0 saturated carbocycles. The van der Waals surface area contributed by atoms with Crippen molar-refractivity contribution in [1.82, 2.24) is 5.32 Å². The van der Waals surface area contributed by atoms with Crippen molar-refractivity contribution in [2.24, 2.45) is 0 Å². The van der Waals surface area contributed by atoms with Crippen LogP contribution in [0.1, 0.15) is 174 Å². The molecule has 0 radical (unpaired) electrons. The second-order valence-electron chi connectivity index (χ2n) is 16.4. The number of nitrogens with zero attached hydrogens (tertiary/aromatic N) is 1. The van der Waals surface area contributed by atoms with E-state index in [0.717, 1.165) is 44.9 Å². The van der Waals surface area contributed by atoms with E-state index in [1.54, 1.807) is 12.2 Å². The molecule has 0 aromatic carbocycles. The van der Waals surface area contributed by atoms with Gasteiger partial charge in [-0.25, -0.2) is 4.57 Å². The predicted molar refractivity (Wildman–Crippen MR) is 244 cm³/mol. The maximum Gasteiger partial charge on any atom is 0.472 e. The number of carbonyl (C=O) groups is 1. The van der Waals surface area contributed by atoms with Gasteiger partial charge in [-0.2, -0.15) is 0 Å². The fourth-order valence-corrected chi connectivity index (χ4v) is 6.84. The Balaban J connectivity index is 4.52. The van der Waals surface area contributed by atoms with Gasteiger partial charge in [-0.1, -0.05) is 196 Å². The number of carbonyl (C=O) groups excluding carboxylic acids is 1. The van der Waals surface area contributed by atoms with Crippen molar-refractivity contribution >= 4 is 13.7 Å². The number of aliphatic hydroxyl groups is 1. The molecule has 0 fully saturated rings. The van der Waals surface area contributed by atoms with E-state index in [0.29, 0.717) is 17.4 Å². The standard InChI is InChI=1S/C48H87N2O6P/c1-6-8-10-12-14-16-18-20-22-23-24-25-26-28-29-31-33-35-37-39-41-47(51)46(45-56-57(53,54)55-44-43-50(3,4)5)49-48(52)42-40-38-36-34-32-30-27-21-19-17-15-13-11-9-7-2/h9,11,15,17,21,27,32,34,38-41,46-47,51H,6-8,10,12-14,16,18-20,22-26,28-31,33,35-37,42-45H2,1-5H3,(H-,49,52,53,54)/p+1/b11-9-,17-15-,27-21-,34-32-,40-38-,41-39+. The lowest BCUT2D eigenvalue weighted by atomic mass is 10.0. The molecule has 0 rings (SSSR count). The molecule has 0 aliphatic carbocycles. The van der Waals surface area contributed by atoms with Crippen LogP contribution in [-0.2, 0) is 18.4 Å². The first-order valence-electron chi connectivity index (χ1n) is 22.8. The van der Waals surface area contributed by atoms with Crippen molar-refractivity contribution in [3.63, 3.8) is 0 Å². The van der Waals surface area contributed by atoms with Crippen LogP contribution in [0.3, 0.4) is 0 Å². The molecule has 0 saturated heterocycles. The molecule has 9 heteroatoms. The zero-order valence-electron chi connectivity index (χ0n) is 37.3. The highest BCUT2D eigenvalue weighted by Crippen LogP contribution is 2.43. The first-order valence-corrected chi connectivity index (χ1v) is 24.3. The fourth-order valence-electron chi connectivity index (χ4n) is 6.11. The summed E-state index contributed by atoms with van der Waals surface area (Å²) in [5.41, 5.74) is 0. The van der Waals surface area contributed by atoms with E-state index in [2.05, 4.69) is 67.8 Å². The highest BCUT2D eigenvalue weighted by Gasteiger charge is 2.27. The number of amides is 1. The van der Waals surface area contributed by atoms with E-state index in [4.69, 9.17) is 9.05 Å². The number of allylic oxidation sites excluding steroid dienone is 10. The zero-order chi connectivity index (χ0) is 42.1. The van der Waals surface area contributed by atoms with Gasteiger partial charge < -0.3 is 19.8 Å². The number of likely N-dealkylation sites (N-methyl/N-ethyl adjacent to an activating group) is 1. The Bertz CT molecular complexity index is 1160. The Morgan fingerprint density at radius 1 is 0.614 bits per heavy atom. The number of unbranched alkanes of at least 4 members (excludes halogenated alkanes) is 18. The number of aliphatic hydroxyl groups excluding tert-OH is 1. The van der Waals surface area contributed by atoms with E-state index < -0.39 is 20.0 Å². The van der Waals surface area contributed by atoms with Crippen LogP contribution in [0.2, 0.25) is 0 Å². The van der Waals surface area contributed by atoms with Crippen LogP contribution >= 0.6 is 7.82 Å². The largest absolute Gasteiger partial charge is 0.472 e. The normalized spacial score (nSPS) is 15.0. The smallest absolute Gasteiger partial charge is 0.387 e. The van der Waals surface area contributed by atoms with Crippen LogP contribution in [0, 0.1) is 0 Å². The first-order chi connectivity index (χ1) is 27.5. The van der Waals surface area contributed by atoms with E-state index >= 15 is 0 Å². The number of phosphoric acid groups is 1. The zero-order valence-corrected chi connectivity index (χ0v) is 38.2. The highest BCUT2D eigenvalue weighted by molar-refractivity contribution is 7.47. The SMILES string of the molecule is CC/C=C\C/C=C\C/C=C\C/C=C\C/C=C\CC(=O)NC(COP(=O)(O)OCC[N+](C)(C)C)C(O)/C=C/CCCCCCCCCCCCCCCCCCCC. The van der Waals surface area contributed by atoms with Crippen LogP contribution in [0.25, 0.3) is 0 Å². The molecule has 0 aliphatic heterocycles. The second kappa shape index (κ2) is 39.4. The van der Waals surface area contributed by atoms with Gasteiger partial charge in [0.1, 0.15) is 13.2 Å². The number of hydrogen-bond acceptors (Lipinski definition) is 5. The molecule has 0 spiro atoms. The molecular formula is C48H88N2O6P+. The highest BCUT2D eigenvalue weighted by atomic mass is 31.2. The average Bonchev–Trinajstić information content (AvgIpc) is 3.16. The van der Waals surface area contributed by atoms with Crippen molar-refractivity contribution in [3.8, 4) is 0 Å². The van der Waals surface area contributed by atoms with E-state index in [1.807, 2.05) is 33.3 Å². The van der Waals surface area contributed by atoms with Gasteiger partial charge in [0.2, 0.25) is 5.91 Å². The molecule has 0 aromatic heterocycles. The minimum absolute atomic E-state index is 0.0419. The Hall–Kier alpha value is -2.06. The lowest BCUT2D eigenvalue weighted by molar-refractivity contribution is -0.870. The molecular weight excluding hydrogens is 732 g/mol. The lowest BCUT2D eigenvalue weighted by Gasteiger charge is -2.25. The summed E-state index contributed by atoms with van der Waals surface area (Å²) in [4.78, 5) is 23.0. The van der Waals surface area contributed by atoms with Gasteiger partial charge >= 0.3 is 7.82 Å². The fraction of sp³-hybridized carbons (Fsp3) is 0.729. The molecule has 0 bridgehead atoms. The summed E-state index contributed by atoms with van der Waals surface area (Å²) in [7, 11) is 1.51. The molecule has 0 heterocycles. The van der Waals surface area contributed by atoms with Crippen LogP contribution < -0.4 is 5.32 Å². The van der Waals surface area contributed by atoms with E-state index in [-0.39, 0.29) is 25.5 Å². The molecule has 1 amide bonds. The maximum absolute atomic E-state index is 12.8. The summed E-state index contributed by atoms with van der Waals surface area (Å²) < 4.78 is 23.5. The van der Waals surface area contributed by atoms with Gasteiger partial charge in [0.15, 0.2) is 0 Å². The van der Waals surface area contributed by atoms with Gasteiger partial charge in [0.05, 0.1) is 39.9 Å². The van der Waals surface area contributed by atoms with E-state index in [1.165, 1.54) is 103 Å². The Labute approximate surface area is 351 Å². The quantitative estimate of drug-likeness (QED) is 0.0246. The topological polar surface area (TPSA) is 105 Å². The predicted octanol–water partition coefficient (Wildman–Crippen LogP) is 12.8. The molecule has 0 aromatic rings. The van der Waals surface area contributed by atoms with Crippen LogP contribution in [-0.4, -0.2) is 73.4 Å². The van der Waals surface area contributed by atoms with Crippen LogP contribution in [0.5, 0.6) is 0 Å². The third-order valence-corrected chi connectivity index (χ3v) is 10.7. The number of hydrogen-bond donors (Lipinski definition) is 3. The van der Waals surface area contributed by atoms with Crippen LogP contribution in [0.4, 0.5) is 0 Å². The summed E-state index contributed by atoms with van der Waals surface area (Å²) >= 11 is 0. The number of quaternary nitrogens is 1. The lowest BCUT2D eigenvalue weighted by Crippen LogP contribution is -2.45. The number of rotatable bonds is 40. The molecule has 3 atom stereocenters. The maximum atomic E-state index is 12.8. The average molecular weight is 820 g/mol. The third-order valence-electron chi connectivity index (χ3n) is 9.71. The Kier molecular flexibility index (Phi) is 38.0. The molecule has 330 valence electrons. The van der Waals surface area contributed by atoms with Gasteiger partial charge in [-0.15, -0.1) is 0 Å². The summed E-state index contributed by atoms with van der Waals surface area (Å²) in [6.07, 6.45) is 52.9. The summed E-state index contributed by atoms with van der Waals surface area (Å²) in [6, 6.07) is -0.903. The minimum atomic E-state index is -4.37. The third kappa shape index (κ3) is 41.9. The summed E-state index contributed by atoms with van der Waals surface area (Å²) in [5, 5.41) is 13.7. The molecule has 8 nitrogen and oxygen atoms in total. The van der Waals surface area contributed by atoms with E-state index in [9.17, 15) is 19.4 Å². The van der Waals surface area contributed by atoms with Crippen molar-refractivity contribution in [1.29, 1.82) is 0 Å². The summed E-state index contributed by atoms with van der Waals surface area (Å²) in [5.74, 6) is -0.306. The Morgan fingerprint density at radius 2 is 1.04 bits per heavy atom. The Morgan fingerprint density at radius 3 is 1.47 bits per heavy atom. The van der Waals surface area contributed by atoms with Gasteiger partial charge in [0, 0.05) is 6.42 Å². The summed E-state index contributed by atoms with van der Waals surface area (Å²) in [6.45, 7) is 4.61. The number of nitrogens with one attached hydrogen (secondary N) is 1. The van der Waals surface area contributed by atoms with Gasteiger partial charge in [-0.3, -0.25) is 13.8 Å². The van der Waals surface area contributed by atoms with Crippen molar-refractivity contribution in [2.45, 2.75) is 187 Å². The number of phosphoric ester groups is 1. The van der Waals surface area contributed by atoms with Crippen molar-refractivity contribution in [3.05, 3.63) is 72.9 Å². The van der Waals surface area contributed by atoms with Crippen LogP contribution in [0.15, 0.2) is 72.9 Å². The minimum Gasteiger partial charge on any atom is -0.387 e. The first kappa shape index (κ1) is 54.9. The van der Waals surface area contributed by atoms with Crippen molar-refractivity contribution < 1.29 is 32.9 Å². The van der Waals surface area contributed by atoms with Crippen molar-refractivity contribution in [2.75, 3.05) is 40.9 Å². The van der Waals surface area contributed by atoms with Gasteiger partial charge in [0.25, 0.3) is 0 Å². The van der Waals surface area contributed by atoms with Gasteiger partial charge in [-0.05, 0) is 44.9 Å².